The maximum atomic E-state index is 11.9. The fourth-order valence-corrected chi connectivity index (χ4v) is 3.30. The summed E-state index contributed by atoms with van der Waals surface area (Å²) in [5.74, 6) is 1.97. The van der Waals surface area contributed by atoms with Gasteiger partial charge in [0.1, 0.15) is 5.69 Å². The summed E-state index contributed by atoms with van der Waals surface area (Å²) in [6, 6.07) is 5.90. The largest absolute Gasteiger partial charge is 0.357 e. The Morgan fingerprint density at radius 1 is 1.31 bits per heavy atom. The molecule has 1 aliphatic rings. The first kappa shape index (κ1) is 26.0. The minimum Gasteiger partial charge on any atom is -0.357 e. The topological polar surface area (TPSA) is 112 Å². The molecule has 2 aromatic rings. The van der Waals surface area contributed by atoms with Crippen LogP contribution in [0.5, 0.6) is 0 Å². The van der Waals surface area contributed by atoms with Gasteiger partial charge in [-0.25, -0.2) is 0 Å². The van der Waals surface area contributed by atoms with Gasteiger partial charge in [0, 0.05) is 58.9 Å². The number of halogens is 1. The Bertz CT molecular complexity index is 850. The lowest BCUT2D eigenvalue weighted by atomic mass is 10.1. The lowest BCUT2D eigenvalue weighted by Gasteiger charge is -2.33. The molecule has 2 N–H and O–H groups in total. The maximum absolute atomic E-state index is 11.9. The second kappa shape index (κ2) is 13.3. The highest BCUT2D eigenvalue weighted by molar-refractivity contribution is 14.0. The van der Waals surface area contributed by atoms with E-state index in [9.17, 15) is 4.79 Å². The summed E-state index contributed by atoms with van der Waals surface area (Å²) < 4.78 is 5.29. The molecule has 0 radical (unpaired) electrons. The summed E-state index contributed by atoms with van der Waals surface area (Å²) in [5, 5.41) is 10.8. The van der Waals surface area contributed by atoms with Gasteiger partial charge in [0.15, 0.2) is 11.8 Å². The van der Waals surface area contributed by atoms with Crippen molar-refractivity contribution >= 4 is 35.8 Å². The van der Waals surface area contributed by atoms with Crippen molar-refractivity contribution in [1.82, 2.24) is 35.6 Å². The third kappa shape index (κ3) is 8.01. The number of piperidine rings is 1. The summed E-state index contributed by atoms with van der Waals surface area (Å²) >= 11 is 0. The van der Waals surface area contributed by atoms with E-state index in [0.717, 1.165) is 38.4 Å². The standard InChI is InChI=1S/C21H32N8O2.HI/c1-4-22-21(25-16-9-13-29(14-10-16)15-19(30)28(2)3)24-12-8-18-26-20(31-27-18)17-7-5-6-11-23-17;/h5-7,11,16H,4,8-10,12-15H2,1-3H3,(H2,22,24,25);1H. The first-order chi connectivity index (χ1) is 15.0. The van der Waals surface area contributed by atoms with Crippen LogP contribution >= 0.6 is 24.0 Å². The number of guanidine groups is 1. The zero-order valence-corrected chi connectivity index (χ0v) is 21.3. The Hall–Kier alpha value is -2.28. The molecule has 1 aliphatic heterocycles. The maximum Gasteiger partial charge on any atom is 0.276 e. The van der Waals surface area contributed by atoms with Crippen molar-refractivity contribution in [3.05, 3.63) is 30.2 Å². The number of nitrogens with zero attached hydrogens (tertiary/aromatic N) is 6. The average Bonchev–Trinajstić information content (AvgIpc) is 3.25. The van der Waals surface area contributed by atoms with Crippen molar-refractivity contribution in [2.24, 2.45) is 4.99 Å². The normalized spacial score (nSPS) is 15.2. The summed E-state index contributed by atoms with van der Waals surface area (Å²) in [6.07, 6.45) is 4.23. The van der Waals surface area contributed by atoms with Crippen LogP contribution in [-0.4, -0.2) is 89.7 Å². The van der Waals surface area contributed by atoms with E-state index in [1.165, 1.54) is 0 Å². The van der Waals surface area contributed by atoms with Crippen LogP contribution in [0.1, 0.15) is 25.6 Å². The molecular formula is C21H33IN8O2. The molecule has 0 unspecified atom stereocenters. The van der Waals surface area contributed by atoms with Gasteiger partial charge in [0.2, 0.25) is 5.91 Å². The van der Waals surface area contributed by atoms with Crippen molar-refractivity contribution < 1.29 is 9.32 Å². The predicted molar refractivity (Wildman–Crippen MR) is 134 cm³/mol. The van der Waals surface area contributed by atoms with Crippen LogP contribution in [0.25, 0.3) is 11.6 Å². The number of rotatable bonds is 8. The highest BCUT2D eigenvalue weighted by Gasteiger charge is 2.22. The lowest BCUT2D eigenvalue weighted by Crippen LogP contribution is -2.50. The highest BCUT2D eigenvalue weighted by Crippen LogP contribution is 2.13. The van der Waals surface area contributed by atoms with Crippen molar-refractivity contribution in [3.63, 3.8) is 0 Å². The summed E-state index contributed by atoms with van der Waals surface area (Å²) in [6.45, 7) is 5.66. The number of pyridine rings is 1. The van der Waals surface area contributed by atoms with E-state index in [0.29, 0.717) is 43.0 Å². The first-order valence-electron chi connectivity index (χ1n) is 10.8. The van der Waals surface area contributed by atoms with E-state index in [2.05, 4.69) is 35.7 Å². The van der Waals surface area contributed by atoms with Crippen LogP contribution < -0.4 is 10.6 Å². The Morgan fingerprint density at radius 2 is 2.09 bits per heavy atom. The summed E-state index contributed by atoms with van der Waals surface area (Å²) in [7, 11) is 3.59. The number of aromatic nitrogens is 3. The summed E-state index contributed by atoms with van der Waals surface area (Å²) in [4.78, 5) is 29.0. The monoisotopic (exact) mass is 556 g/mol. The lowest BCUT2D eigenvalue weighted by molar-refractivity contribution is -0.130. The summed E-state index contributed by atoms with van der Waals surface area (Å²) in [5.41, 5.74) is 0.665. The molecule has 0 spiro atoms. The Morgan fingerprint density at radius 3 is 2.75 bits per heavy atom. The number of carbonyl (C=O) groups excluding carboxylic acids is 1. The van der Waals surface area contributed by atoms with E-state index in [1.54, 1.807) is 25.2 Å². The SMILES string of the molecule is CCNC(=NCCc1noc(-c2ccccn2)n1)NC1CCN(CC(=O)N(C)C)CC1.I. The number of aliphatic imine (C=N–C) groups is 1. The minimum atomic E-state index is 0. The number of amides is 1. The molecule has 0 atom stereocenters. The molecule has 1 amide bonds. The number of hydrogen-bond donors (Lipinski definition) is 2. The average molecular weight is 556 g/mol. The highest BCUT2D eigenvalue weighted by atomic mass is 127. The van der Waals surface area contributed by atoms with Gasteiger partial charge in [-0.1, -0.05) is 11.2 Å². The van der Waals surface area contributed by atoms with Gasteiger partial charge in [0.05, 0.1) is 6.54 Å². The molecule has 0 aliphatic carbocycles. The molecule has 0 aromatic carbocycles. The van der Waals surface area contributed by atoms with Gasteiger partial charge in [-0.3, -0.25) is 19.7 Å². The van der Waals surface area contributed by atoms with Crippen LogP contribution in [0.4, 0.5) is 0 Å². The number of likely N-dealkylation sites (tertiary alicyclic amines) is 1. The second-order valence-electron chi connectivity index (χ2n) is 7.72. The van der Waals surface area contributed by atoms with Crippen molar-refractivity contribution in [1.29, 1.82) is 0 Å². The molecule has 11 heteroatoms. The van der Waals surface area contributed by atoms with Crippen LogP contribution in [0, 0.1) is 0 Å². The van der Waals surface area contributed by atoms with E-state index in [4.69, 9.17) is 4.52 Å². The van der Waals surface area contributed by atoms with E-state index < -0.39 is 0 Å². The van der Waals surface area contributed by atoms with Crippen LogP contribution in [-0.2, 0) is 11.2 Å². The zero-order chi connectivity index (χ0) is 22.1. The molecule has 10 nitrogen and oxygen atoms in total. The van der Waals surface area contributed by atoms with E-state index in [-0.39, 0.29) is 29.9 Å². The number of nitrogens with one attached hydrogen (secondary N) is 2. The molecule has 3 heterocycles. The van der Waals surface area contributed by atoms with Gasteiger partial charge in [-0.15, -0.1) is 24.0 Å². The molecule has 3 rings (SSSR count). The second-order valence-corrected chi connectivity index (χ2v) is 7.72. The van der Waals surface area contributed by atoms with Crippen LogP contribution in [0.15, 0.2) is 33.9 Å². The Labute approximate surface area is 206 Å². The van der Waals surface area contributed by atoms with Crippen molar-refractivity contribution in [2.75, 3.05) is 46.8 Å². The third-order valence-electron chi connectivity index (χ3n) is 5.09. The molecule has 1 saturated heterocycles. The number of carbonyl (C=O) groups is 1. The molecule has 2 aromatic heterocycles. The predicted octanol–water partition coefficient (Wildman–Crippen LogP) is 1.40. The smallest absolute Gasteiger partial charge is 0.276 e. The third-order valence-corrected chi connectivity index (χ3v) is 5.09. The van der Waals surface area contributed by atoms with Gasteiger partial charge in [0.25, 0.3) is 5.89 Å². The molecule has 176 valence electrons. The Kier molecular flexibility index (Phi) is 10.8. The van der Waals surface area contributed by atoms with Crippen LogP contribution in [0.3, 0.4) is 0 Å². The van der Waals surface area contributed by atoms with Gasteiger partial charge in [-0.2, -0.15) is 4.98 Å². The van der Waals surface area contributed by atoms with E-state index >= 15 is 0 Å². The van der Waals surface area contributed by atoms with Gasteiger partial charge in [-0.05, 0) is 31.9 Å². The number of hydrogen-bond acceptors (Lipinski definition) is 7. The molecule has 32 heavy (non-hydrogen) atoms. The first-order valence-corrected chi connectivity index (χ1v) is 10.8. The fraction of sp³-hybridized carbons (Fsp3) is 0.571. The minimum absolute atomic E-state index is 0. The van der Waals surface area contributed by atoms with Gasteiger partial charge >= 0.3 is 0 Å². The van der Waals surface area contributed by atoms with Crippen molar-refractivity contribution in [2.45, 2.75) is 32.2 Å². The number of likely N-dealkylation sites (N-methyl/N-ethyl adjacent to an activating group) is 1. The quantitative estimate of drug-likeness (QED) is 0.285. The zero-order valence-electron chi connectivity index (χ0n) is 19.0. The molecule has 0 bridgehead atoms. The molecule has 1 fully saturated rings. The van der Waals surface area contributed by atoms with Crippen LogP contribution in [0.2, 0.25) is 0 Å². The molecular weight excluding hydrogens is 523 g/mol. The Balaban J connectivity index is 0.00000363. The van der Waals surface area contributed by atoms with E-state index in [1.807, 2.05) is 25.1 Å². The fourth-order valence-electron chi connectivity index (χ4n) is 3.30. The van der Waals surface area contributed by atoms with Gasteiger partial charge < -0.3 is 20.1 Å². The van der Waals surface area contributed by atoms with Crippen molar-refractivity contribution in [3.8, 4) is 11.6 Å². The molecule has 0 saturated carbocycles.